The van der Waals surface area contributed by atoms with Crippen LogP contribution in [0.2, 0.25) is 0 Å². The standard InChI is InChI=1S/C16H25N3O4S.ClH/c1-10(2)15(17)16(21)18-9-14(20)19-11(3)12-5-7-13(8-6-12)24(4,22)23;/h5-8,10-11,15H,9,17H2,1-4H3,(H,18,21)(H,19,20);1H/t11?,15-;/m0./s1. The Kier molecular flexibility index (Phi) is 9.10. The van der Waals surface area contributed by atoms with E-state index in [0.29, 0.717) is 0 Å². The smallest absolute Gasteiger partial charge is 0.239 e. The van der Waals surface area contributed by atoms with Crippen LogP contribution in [0.15, 0.2) is 29.2 Å². The summed E-state index contributed by atoms with van der Waals surface area (Å²) in [4.78, 5) is 23.8. The molecule has 9 heteroatoms. The Morgan fingerprint density at radius 2 is 1.64 bits per heavy atom. The molecule has 0 aliphatic carbocycles. The lowest BCUT2D eigenvalue weighted by Gasteiger charge is -2.17. The van der Waals surface area contributed by atoms with Gasteiger partial charge in [-0.25, -0.2) is 8.42 Å². The molecular formula is C16H26ClN3O4S. The molecule has 4 N–H and O–H groups in total. The Bertz CT molecular complexity index is 690. The number of halogens is 1. The van der Waals surface area contributed by atoms with E-state index in [2.05, 4.69) is 10.6 Å². The van der Waals surface area contributed by atoms with E-state index >= 15 is 0 Å². The summed E-state index contributed by atoms with van der Waals surface area (Å²) in [5.41, 5.74) is 6.46. The van der Waals surface area contributed by atoms with Crippen molar-refractivity contribution in [2.75, 3.05) is 12.8 Å². The topological polar surface area (TPSA) is 118 Å². The van der Waals surface area contributed by atoms with Gasteiger partial charge in [-0.15, -0.1) is 12.4 Å². The molecule has 0 fully saturated rings. The first-order valence-corrected chi connectivity index (χ1v) is 9.54. The molecular weight excluding hydrogens is 366 g/mol. The highest BCUT2D eigenvalue weighted by Gasteiger charge is 2.18. The molecule has 1 rings (SSSR count). The summed E-state index contributed by atoms with van der Waals surface area (Å²) in [7, 11) is -3.25. The molecule has 0 spiro atoms. The molecule has 1 aromatic carbocycles. The van der Waals surface area contributed by atoms with Gasteiger partial charge in [-0.2, -0.15) is 0 Å². The maximum atomic E-state index is 11.9. The summed E-state index contributed by atoms with van der Waals surface area (Å²) in [5.74, 6) is -0.732. The Hall–Kier alpha value is -1.64. The zero-order valence-electron chi connectivity index (χ0n) is 14.8. The number of carbonyl (C=O) groups excluding carboxylic acids is 2. The zero-order valence-corrected chi connectivity index (χ0v) is 16.4. The van der Waals surface area contributed by atoms with Crippen molar-refractivity contribution >= 4 is 34.1 Å². The first kappa shape index (κ1) is 23.4. The van der Waals surface area contributed by atoms with Crippen LogP contribution in [-0.4, -0.2) is 39.1 Å². The van der Waals surface area contributed by atoms with Gasteiger partial charge in [-0.3, -0.25) is 9.59 Å². The Morgan fingerprint density at radius 1 is 1.12 bits per heavy atom. The van der Waals surface area contributed by atoms with Crippen LogP contribution in [0.3, 0.4) is 0 Å². The molecule has 0 saturated carbocycles. The normalized spacial score (nSPS) is 13.5. The van der Waals surface area contributed by atoms with Gasteiger partial charge in [0.1, 0.15) is 0 Å². The third kappa shape index (κ3) is 7.41. The minimum Gasteiger partial charge on any atom is -0.348 e. The average molecular weight is 392 g/mol. The maximum Gasteiger partial charge on any atom is 0.239 e. The van der Waals surface area contributed by atoms with Gasteiger partial charge in [-0.1, -0.05) is 26.0 Å². The minimum atomic E-state index is -3.25. The van der Waals surface area contributed by atoms with Crippen LogP contribution in [0.25, 0.3) is 0 Å². The molecule has 0 saturated heterocycles. The van der Waals surface area contributed by atoms with E-state index in [-0.39, 0.29) is 47.6 Å². The third-order valence-corrected chi connectivity index (χ3v) is 4.76. The number of amides is 2. The van der Waals surface area contributed by atoms with Crippen LogP contribution in [0.5, 0.6) is 0 Å². The van der Waals surface area contributed by atoms with Gasteiger partial charge in [0.2, 0.25) is 11.8 Å². The monoisotopic (exact) mass is 391 g/mol. The van der Waals surface area contributed by atoms with Crippen LogP contribution < -0.4 is 16.4 Å². The lowest BCUT2D eigenvalue weighted by atomic mass is 10.1. The van der Waals surface area contributed by atoms with Crippen LogP contribution >= 0.6 is 12.4 Å². The highest BCUT2D eigenvalue weighted by Crippen LogP contribution is 2.16. The van der Waals surface area contributed by atoms with Gasteiger partial charge < -0.3 is 16.4 Å². The van der Waals surface area contributed by atoms with Gasteiger partial charge in [0.05, 0.1) is 23.5 Å². The Morgan fingerprint density at radius 3 is 2.08 bits per heavy atom. The number of sulfone groups is 1. The number of rotatable bonds is 7. The molecule has 1 unspecified atom stereocenters. The number of nitrogens with one attached hydrogen (secondary N) is 2. The molecule has 0 aliphatic rings. The van der Waals surface area contributed by atoms with Crippen LogP contribution in [0, 0.1) is 5.92 Å². The molecule has 0 radical (unpaired) electrons. The summed E-state index contributed by atoms with van der Waals surface area (Å²) >= 11 is 0. The first-order valence-electron chi connectivity index (χ1n) is 7.65. The summed E-state index contributed by atoms with van der Waals surface area (Å²) in [6.07, 6.45) is 1.14. The second-order valence-electron chi connectivity index (χ2n) is 6.12. The fourth-order valence-corrected chi connectivity index (χ4v) is 2.60. The van der Waals surface area contributed by atoms with E-state index < -0.39 is 15.9 Å². The van der Waals surface area contributed by atoms with Crippen molar-refractivity contribution in [2.24, 2.45) is 11.7 Å². The van der Waals surface area contributed by atoms with E-state index in [0.717, 1.165) is 11.8 Å². The highest BCUT2D eigenvalue weighted by atomic mass is 35.5. The quantitative estimate of drug-likeness (QED) is 0.635. The van der Waals surface area contributed by atoms with Crippen LogP contribution in [0.1, 0.15) is 32.4 Å². The van der Waals surface area contributed by atoms with Crippen molar-refractivity contribution in [3.63, 3.8) is 0 Å². The first-order chi connectivity index (χ1) is 11.0. The van der Waals surface area contributed by atoms with E-state index in [1.165, 1.54) is 12.1 Å². The molecule has 0 aromatic heterocycles. The minimum absolute atomic E-state index is 0. The fourth-order valence-electron chi connectivity index (χ4n) is 1.97. The zero-order chi connectivity index (χ0) is 18.5. The number of hydrogen-bond acceptors (Lipinski definition) is 5. The largest absolute Gasteiger partial charge is 0.348 e. The third-order valence-electron chi connectivity index (χ3n) is 3.63. The predicted octanol–water partition coefficient (Wildman–Crippen LogP) is 0.789. The SMILES string of the molecule is CC(NC(=O)CNC(=O)[C@@H](N)C(C)C)c1ccc(S(C)(=O)=O)cc1.Cl. The van der Waals surface area contributed by atoms with Crippen molar-refractivity contribution in [3.05, 3.63) is 29.8 Å². The average Bonchev–Trinajstić information content (AvgIpc) is 2.50. The lowest BCUT2D eigenvalue weighted by molar-refractivity contribution is -0.127. The van der Waals surface area contributed by atoms with E-state index in [4.69, 9.17) is 5.73 Å². The molecule has 0 aliphatic heterocycles. The van der Waals surface area contributed by atoms with Gasteiger partial charge in [0, 0.05) is 6.26 Å². The van der Waals surface area contributed by atoms with Crippen LogP contribution in [-0.2, 0) is 19.4 Å². The molecule has 7 nitrogen and oxygen atoms in total. The summed E-state index contributed by atoms with van der Waals surface area (Å²) < 4.78 is 22.8. The van der Waals surface area contributed by atoms with E-state index in [1.54, 1.807) is 19.1 Å². The van der Waals surface area contributed by atoms with E-state index in [1.807, 2.05) is 13.8 Å². The summed E-state index contributed by atoms with van der Waals surface area (Å²) in [6, 6.07) is 5.32. The van der Waals surface area contributed by atoms with Gasteiger partial charge in [0.15, 0.2) is 9.84 Å². The lowest BCUT2D eigenvalue weighted by Crippen LogP contribution is -2.47. The highest BCUT2D eigenvalue weighted by molar-refractivity contribution is 7.90. The fraction of sp³-hybridized carbons (Fsp3) is 0.500. The number of carbonyl (C=O) groups is 2. The van der Waals surface area contributed by atoms with Crippen molar-refractivity contribution in [3.8, 4) is 0 Å². The molecule has 0 bridgehead atoms. The summed E-state index contributed by atoms with van der Waals surface area (Å²) in [5, 5.41) is 5.23. The van der Waals surface area contributed by atoms with Crippen molar-refractivity contribution in [1.82, 2.24) is 10.6 Å². The summed E-state index contributed by atoms with van der Waals surface area (Å²) in [6.45, 7) is 5.26. The molecule has 25 heavy (non-hydrogen) atoms. The van der Waals surface area contributed by atoms with Crippen molar-refractivity contribution in [2.45, 2.75) is 37.8 Å². The molecule has 0 heterocycles. The Balaban J connectivity index is 0.00000576. The molecule has 142 valence electrons. The number of benzene rings is 1. The molecule has 2 atom stereocenters. The van der Waals surface area contributed by atoms with Gasteiger partial charge in [0.25, 0.3) is 0 Å². The van der Waals surface area contributed by atoms with Crippen LogP contribution in [0.4, 0.5) is 0 Å². The molecule has 2 amide bonds. The Labute approximate surface area is 155 Å². The second-order valence-corrected chi connectivity index (χ2v) is 8.13. The predicted molar refractivity (Wildman–Crippen MR) is 99.2 cm³/mol. The maximum absolute atomic E-state index is 11.9. The molecule has 1 aromatic rings. The second kappa shape index (κ2) is 9.74. The number of nitrogens with two attached hydrogens (primary N) is 1. The number of hydrogen-bond donors (Lipinski definition) is 3. The van der Waals surface area contributed by atoms with E-state index in [9.17, 15) is 18.0 Å². The van der Waals surface area contributed by atoms with Gasteiger partial charge >= 0.3 is 0 Å². The van der Waals surface area contributed by atoms with Crippen molar-refractivity contribution < 1.29 is 18.0 Å². The van der Waals surface area contributed by atoms with Gasteiger partial charge in [-0.05, 0) is 30.5 Å². The van der Waals surface area contributed by atoms with Crippen molar-refractivity contribution in [1.29, 1.82) is 0 Å².